The van der Waals surface area contributed by atoms with Gasteiger partial charge in [0.1, 0.15) is 0 Å². The van der Waals surface area contributed by atoms with Crippen molar-refractivity contribution in [1.29, 1.82) is 0 Å². The van der Waals surface area contributed by atoms with Crippen molar-refractivity contribution >= 4 is 10.0 Å². The van der Waals surface area contributed by atoms with Gasteiger partial charge in [-0.05, 0) is 55.8 Å². The smallest absolute Gasteiger partial charge is 0.217 e. The number of pyridine rings is 1. The predicted molar refractivity (Wildman–Crippen MR) is 100 cm³/mol. The minimum Gasteiger partial charge on any atom is -0.384 e. The Morgan fingerprint density at radius 2 is 2.08 bits per heavy atom. The van der Waals surface area contributed by atoms with Crippen LogP contribution in [0.1, 0.15) is 31.2 Å². The second kappa shape index (κ2) is 7.19. The number of nitrogens with zero attached hydrogens (tertiary/aromatic N) is 3. The van der Waals surface area contributed by atoms with E-state index in [4.69, 9.17) is 4.74 Å². The minimum absolute atomic E-state index is 0.0728. The van der Waals surface area contributed by atoms with Crippen molar-refractivity contribution in [3.8, 4) is 0 Å². The molecule has 1 aliphatic carbocycles. The number of rotatable bonds is 6. The van der Waals surface area contributed by atoms with E-state index in [1.807, 2.05) is 12.3 Å². The summed E-state index contributed by atoms with van der Waals surface area (Å²) in [7, 11) is -1.37. The lowest BCUT2D eigenvalue weighted by atomic mass is 9.71. The zero-order valence-corrected chi connectivity index (χ0v) is 16.3. The molecule has 1 atom stereocenters. The largest absolute Gasteiger partial charge is 0.384 e. The maximum atomic E-state index is 12.7. The molecule has 4 rings (SSSR count). The van der Waals surface area contributed by atoms with Gasteiger partial charge in [0.2, 0.25) is 10.0 Å². The van der Waals surface area contributed by atoms with Gasteiger partial charge < -0.3 is 4.74 Å². The van der Waals surface area contributed by atoms with Gasteiger partial charge in [-0.25, -0.2) is 12.7 Å². The summed E-state index contributed by atoms with van der Waals surface area (Å²) in [5.74, 6) is 0.307. The van der Waals surface area contributed by atoms with Crippen LogP contribution in [0.15, 0.2) is 24.5 Å². The first-order valence-electron chi connectivity index (χ1n) is 9.63. The molecule has 7 heteroatoms. The van der Waals surface area contributed by atoms with Crippen LogP contribution in [0.4, 0.5) is 0 Å². The lowest BCUT2D eigenvalue weighted by molar-refractivity contribution is 0.0357. The number of piperidine rings is 1. The second-order valence-corrected chi connectivity index (χ2v) is 10.4. The van der Waals surface area contributed by atoms with Crippen LogP contribution in [0.3, 0.4) is 0 Å². The van der Waals surface area contributed by atoms with Crippen LogP contribution in [-0.2, 0) is 21.3 Å². The highest BCUT2D eigenvalue weighted by atomic mass is 32.2. The fourth-order valence-corrected chi connectivity index (χ4v) is 6.64. The van der Waals surface area contributed by atoms with E-state index in [2.05, 4.69) is 16.0 Å². The molecule has 2 aliphatic heterocycles. The monoisotopic (exact) mass is 379 g/mol. The van der Waals surface area contributed by atoms with E-state index in [1.54, 1.807) is 17.6 Å². The lowest BCUT2D eigenvalue weighted by Gasteiger charge is -2.42. The maximum Gasteiger partial charge on any atom is 0.217 e. The Morgan fingerprint density at radius 3 is 2.69 bits per heavy atom. The Hall–Kier alpha value is -1.02. The van der Waals surface area contributed by atoms with Crippen LogP contribution < -0.4 is 0 Å². The molecule has 3 fully saturated rings. The summed E-state index contributed by atoms with van der Waals surface area (Å²) >= 11 is 0. The molecule has 1 spiro atoms. The molecule has 6 nitrogen and oxygen atoms in total. The van der Waals surface area contributed by atoms with Crippen molar-refractivity contribution in [2.24, 2.45) is 11.3 Å². The summed E-state index contributed by atoms with van der Waals surface area (Å²) < 4.78 is 32.7. The van der Waals surface area contributed by atoms with Crippen molar-refractivity contribution in [3.05, 3.63) is 30.1 Å². The summed E-state index contributed by atoms with van der Waals surface area (Å²) in [5.41, 5.74) is 1.31. The van der Waals surface area contributed by atoms with Gasteiger partial charge in [0, 0.05) is 45.1 Å². The third-order valence-electron chi connectivity index (χ3n) is 6.44. The first kappa shape index (κ1) is 18.3. The fraction of sp³-hybridized carbons (Fsp3) is 0.737. The molecule has 0 radical (unpaired) electrons. The average molecular weight is 380 g/mol. The number of aromatic nitrogens is 1. The Labute approximate surface area is 156 Å². The third-order valence-corrected chi connectivity index (χ3v) is 8.75. The summed E-state index contributed by atoms with van der Waals surface area (Å²) in [6.45, 7) is 4.90. The first-order valence-corrected chi connectivity index (χ1v) is 11.1. The molecular weight excluding hydrogens is 350 g/mol. The van der Waals surface area contributed by atoms with Gasteiger partial charge in [-0.15, -0.1) is 0 Å². The van der Waals surface area contributed by atoms with E-state index in [0.29, 0.717) is 25.6 Å². The first-order chi connectivity index (χ1) is 12.5. The van der Waals surface area contributed by atoms with Gasteiger partial charge in [0.25, 0.3) is 0 Å². The van der Waals surface area contributed by atoms with E-state index >= 15 is 0 Å². The van der Waals surface area contributed by atoms with E-state index in [0.717, 1.165) is 45.3 Å². The predicted octanol–water partition coefficient (Wildman–Crippen LogP) is 1.73. The fourth-order valence-electron chi connectivity index (χ4n) is 4.66. The topological polar surface area (TPSA) is 62.7 Å². The molecule has 0 amide bonds. The van der Waals surface area contributed by atoms with E-state index < -0.39 is 10.0 Å². The zero-order chi connectivity index (χ0) is 18.2. The van der Waals surface area contributed by atoms with Gasteiger partial charge >= 0.3 is 0 Å². The van der Waals surface area contributed by atoms with Gasteiger partial charge in [-0.3, -0.25) is 9.88 Å². The van der Waals surface area contributed by atoms with Gasteiger partial charge in [-0.1, -0.05) is 6.07 Å². The van der Waals surface area contributed by atoms with Crippen LogP contribution in [0.5, 0.6) is 0 Å². The highest BCUT2D eigenvalue weighted by molar-refractivity contribution is 7.90. The molecule has 1 aromatic heterocycles. The van der Waals surface area contributed by atoms with Gasteiger partial charge in [0.15, 0.2) is 0 Å². The molecule has 2 saturated heterocycles. The number of ether oxygens (including phenoxy) is 1. The number of hydrogen-bond acceptors (Lipinski definition) is 5. The molecule has 0 N–H and O–H groups in total. The quantitative estimate of drug-likeness (QED) is 0.753. The normalized spacial score (nSPS) is 27.2. The molecule has 1 unspecified atom stereocenters. The van der Waals surface area contributed by atoms with Crippen LogP contribution in [0.25, 0.3) is 0 Å². The van der Waals surface area contributed by atoms with E-state index in [-0.39, 0.29) is 10.7 Å². The highest BCUT2D eigenvalue weighted by Crippen LogP contribution is 2.47. The molecule has 3 heterocycles. The molecule has 3 aliphatic rings. The van der Waals surface area contributed by atoms with Crippen molar-refractivity contribution in [3.63, 3.8) is 0 Å². The molecule has 1 aromatic rings. The molecule has 26 heavy (non-hydrogen) atoms. The number of hydrogen-bond donors (Lipinski definition) is 0. The molecule has 1 saturated carbocycles. The van der Waals surface area contributed by atoms with Crippen molar-refractivity contribution in [2.75, 3.05) is 39.9 Å². The Kier molecular flexibility index (Phi) is 5.07. The van der Waals surface area contributed by atoms with E-state index in [1.165, 1.54) is 5.56 Å². The van der Waals surface area contributed by atoms with Crippen LogP contribution >= 0.6 is 0 Å². The molecule has 0 bridgehead atoms. The standard InChI is InChI=1S/C19H29N3O3S/c1-25-14-17-13-22(26(23,24)18-4-5-18)15-19(17)6-9-21(10-7-19)12-16-3-2-8-20-11-16/h2-3,8,11,17-18H,4-7,9-10,12-15H2,1H3. The number of sulfonamides is 1. The van der Waals surface area contributed by atoms with Crippen LogP contribution in [0, 0.1) is 11.3 Å². The minimum atomic E-state index is -3.10. The molecular formula is C19H29N3O3S. The Bertz CT molecular complexity index is 713. The van der Waals surface area contributed by atoms with Crippen molar-refractivity contribution < 1.29 is 13.2 Å². The van der Waals surface area contributed by atoms with Gasteiger partial charge in [-0.2, -0.15) is 0 Å². The molecule has 0 aromatic carbocycles. The molecule has 144 valence electrons. The van der Waals surface area contributed by atoms with Gasteiger partial charge in [0.05, 0.1) is 11.9 Å². The zero-order valence-electron chi connectivity index (χ0n) is 15.5. The lowest BCUT2D eigenvalue weighted by Crippen LogP contribution is -2.45. The average Bonchev–Trinajstić information content (AvgIpc) is 3.44. The van der Waals surface area contributed by atoms with Crippen molar-refractivity contribution in [2.45, 2.75) is 37.5 Å². The Balaban J connectivity index is 1.43. The van der Waals surface area contributed by atoms with Crippen LogP contribution in [0.2, 0.25) is 0 Å². The van der Waals surface area contributed by atoms with E-state index in [9.17, 15) is 8.42 Å². The summed E-state index contributed by atoms with van der Waals surface area (Å²) in [6, 6.07) is 4.09. The maximum absolute atomic E-state index is 12.7. The highest BCUT2D eigenvalue weighted by Gasteiger charge is 2.53. The number of methoxy groups -OCH3 is 1. The number of likely N-dealkylation sites (tertiary alicyclic amines) is 1. The Morgan fingerprint density at radius 1 is 1.31 bits per heavy atom. The third kappa shape index (κ3) is 3.54. The SMILES string of the molecule is COCC1CN(S(=O)(=O)C2CC2)CC12CCN(Cc1cccnc1)CC2. The van der Waals surface area contributed by atoms with Crippen molar-refractivity contribution in [1.82, 2.24) is 14.2 Å². The van der Waals surface area contributed by atoms with Crippen LogP contribution in [-0.4, -0.2) is 67.8 Å². The summed E-state index contributed by atoms with van der Waals surface area (Å²) in [5, 5.41) is -0.119. The summed E-state index contributed by atoms with van der Waals surface area (Å²) in [6.07, 6.45) is 7.48. The second-order valence-electron chi connectivity index (χ2n) is 8.19. The summed E-state index contributed by atoms with van der Waals surface area (Å²) in [4.78, 5) is 6.66.